The zero-order chi connectivity index (χ0) is 8.97. The van der Waals surface area contributed by atoms with Gasteiger partial charge in [-0.05, 0) is 19.9 Å². The first-order valence-corrected chi connectivity index (χ1v) is 4.20. The summed E-state index contributed by atoms with van der Waals surface area (Å²) in [7, 11) is 3.49. The molecule has 0 saturated heterocycles. The van der Waals surface area contributed by atoms with Crippen molar-refractivity contribution < 1.29 is 9.53 Å². The maximum atomic E-state index is 11.1. The summed E-state index contributed by atoms with van der Waals surface area (Å²) in [5, 5.41) is 0. The number of hydrogen-bond donors (Lipinski definition) is 0. The molecule has 1 aliphatic heterocycles. The lowest BCUT2D eigenvalue weighted by atomic mass is 10.2. The molecule has 0 radical (unpaired) electrons. The predicted octanol–water partition coefficient (Wildman–Crippen LogP) is 0.811. The molecule has 0 aromatic heterocycles. The second-order valence-electron chi connectivity index (χ2n) is 3.06. The quantitative estimate of drug-likeness (QED) is 0.544. The van der Waals surface area contributed by atoms with Gasteiger partial charge < -0.3 is 9.64 Å². The van der Waals surface area contributed by atoms with Crippen molar-refractivity contribution in [2.24, 2.45) is 0 Å². The van der Waals surface area contributed by atoms with E-state index in [2.05, 4.69) is 16.7 Å². The Morgan fingerprint density at radius 3 is 3.00 bits per heavy atom. The number of carbonyl (C=O) groups is 1. The van der Waals surface area contributed by atoms with E-state index in [0.29, 0.717) is 0 Å². The van der Waals surface area contributed by atoms with Gasteiger partial charge in [-0.1, -0.05) is 6.08 Å². The minimum Gasteiger partial charge on any atom is -0.466 e. The Balaban J connectivity index is 2.54. The average molecular weight is 169 g/mol. The Labute approximate surface area is 73.0 Å². The zero-order valence-electron chi connectivity index (χ0n) is 7.67. The molecule has 0 aliphatic carbocycles. The molecule has 12 heavy (non-hydrogen) atoms. The van der Waals surface area contributed by atoms with Crippen molar-refractivity contribution >= 4 is 5.97 Å². The molecule has 0 amide bonds. The van der Waals surface area contributed by atoms with Gasteiger partial charge in [0, 0.05) is 18.7 Å². The summed E-state index contributed by atoms with van der Waals surface area (Å²) in [4.78, 5) is 13.3. The van der Waals surface area contributed by atoms with E-state index in [1.165, 1.54) is 7.11 Å². The smallest absolute Gasteiger partial charge is 0.333 e. The van der Waals surface area contributed by atoms with E-state index >= 15 is 0 Å². The van der Waals surface area contributed by atoms with Crippen molar-refractivity contribution in [1.82, 2.24) is 4.90 Å². The van der Waals surface area contributed by atoms with Crippen LogP contribution in [0.1, 0.15) is 12.8 Å². The zero-order valence-corrected chi connectivity index (χ0v) is 7.67. The molecule has 68 valence electrons. The molecule has 0 aromatic carbocycles. The van der Waals surface area contributed by atoms with Gasteiger partial charge in [-0.25, -0.2) is 4.79 Å². The van der Waals surface area contributed by atoms with Crippen molar-refractivity contribution in [3.05, 3.63) is 11.6 Å². The summed E-state index contributed by atoms with van der Waals surface area (Å²) in [6.07, 6.45) is 3.74. The summed E-state index contributed by atoms with van der Waals surface area (Å²) in [6, 6.07) is 0. The molecule has 0 spiro atoms. The van der Waals surface area contributed by atoms with Crippen LogP contribution in [-0.4, -0.2) is 38.1 Å². The van der Waals surface area contributed by atoms with E-state index in [0.717, 1.165) is 31.5 Å². The van der Waals surface area contributed by atoms with Crippen LogP contribution in [0.15, 0.2) is 11.6 Å². The summed E-state index contributed by atoms with van der Waals surface area (Å²) in [5.74, 6) is -0.176. The van der Waals surface area contributed by atoms with Crippen molar-refractivity contribution in [2.45, 2.75) is 12.8 Å². The minimum atomic E-state index is -0.176. The molecule has 1 heterocycles. The minimum absolute atomic E-state index is 0.176. The fourth-order valence-corrected chi connectivity index (χ4v) is 1.30. The number of methoxy groups -OCH3 is 1. The molecule has 0 saturated carbocycles. The maximum Gasteiger partial charge on any atom is 0.333 e. The van der Waals surface area contributed by atoms with E-state index in [9.17, 15) is 4.79 Å². The highest BCUT2D eigenvalue weighted by atomic mass is 16.5. The highest BCUT2D eigenvalue weighted by Crippen LogP contribution is 2.10. The Hall–Kier alpha value is -0.830. The van der Waals surface area contributed by atoms with Crippen LogP contribution in [0.3, 0.4) is 0 Å². The van der Waals surface area contributed by atoms with E-state index in [-0.39, 0.29) is 5.97 Å². The molecule has 0 unspecified atom stereocenters. The predicted molar refractivity (Wildman–Crippen MR) is 46.8 cm³/mol. The van der Waals surface area contributed by atoms with Crippen LogP contribution in [0.2, 0.25) is 0 Å². The van der Waals surface area contributed by atoms with Gasteiger partial charge in [0.15, 0.2) is 0 Å². The van der Waals surface area contributed by atoms with Gasteiger partial charge in [0.05, 0.1) is 7.11 Å². The largest absolute Gasteiger partial charge is 0.466 e. The number of hydrogen-bond acceptors (Lipinski definition) is 3. The van der Waals surface area contributed by atoms with E-state index in [1.54, 1.807) is 0 Å². The highest BCUT2D eigenvalue weighted by molar-refractivity contribution is 5.88. The summed E-state index contributed by atoms with van der Waals surface area (Å²) < 4.78 is 4.65. The first-order valence-electron chi connectivity index (χ1n) is 4.20. The normalized spacial score (nSPS) is 19.7. The van der Waals surface area contributed by atoms with Crippen LogP contribution in [0.5, 0.6) is 0 Å². The number of esters is 1. The average Bonchev–Trinajstić information content (AvgIpc) is 2.29. The first kappa shape index (κ1) is 9.26. The van der Waals surface area contributed by atoms with E-state index < -0.39 is 0 Å². The summed E-state index contributed by atoms with van der Waals surface area (Å²) in [6.45, 7) is 1.97. The molecule has 1 rings (SSSR count). The molecule has 3 heteroatoms. The van der Waals surface area contributed by atoms with Gasteiger partial charge in [0.1, 0.15) is 0 Å². The van der Waals surface area contributed by atoms with Gasteiger partial charge in [-0.3, -0.25) is 0 Å². The number of ether oxygens (including phenoxy) is 1. The monoisotopic (exact) mass is 169 g/mol. The maximum absolute atomic E-state index is 11.1. The Bertz CT molecular complexity index is 199. The lowest BCUT2D eigenvalue weighted by Crippen LogP contribution is -2.19. The van der Waals surface area contributed by atoms with Crippen LogP contribution >= 0.6 is 0 Å². The molecule has 3 nitrogen and oxygen atoms in total. The van der Waals surface area contributed by atoms with Crippen LogP contribution in [-0.2, 0) is 9.53 Å². The van der Waals surface area contributed by atoms with E-state index in [1.807, 2.05) is 6.08 Å². The van der Waals surface area contributed by atoms with Crippen molar-refractivity contribution in [3.8, 4) is 0 Å². The second kappa shape index (κ2) is 4.26. The van der Waals surface area contributed by atoms with Gasteiger partial charge in [-0.15, -0.1) is 0 Å². The second-order valence-corrected chi connectivity index (χ2v) is 3.06. The third-order valence-electron chi connectivity index (χ3n) is 2.11. The Morgan fingerprint density at radius 1 is 1.58 bits per heavy atom. The molecule has 0 atom stereocenters. The Morgan fingerprint density at radius 2 is 2.33 bits per heavy atom. The third kappa shape index (κ3) is 2.34. The van der Waals surface area contributed by atoms with Gasteiger partial charge in [0.2, 0.25) is 0 Å². The van der Waals surface area contributed by atoms with Gasteiger partial charge in [0.25, 0.3) is 0 Å². The third-order valence-corrected chi connectivity index (χ3v) is 2.11. The molecule has 1 aliphatic rings. The van der Waals surface area contributed by atoms with E-state index in [4.69, 9.17) is 0 Å². The molecule has 0 bridgehead atoms. The number of nitrogens with zero attached hydrogens (tertiary/aromatic N) is 1. The SMILES string of the molecule is COC(=O)C1=CCCN(C)CC1. The summed E-state index contributed by atoms with van der Waals surface area (Å²) >= 11 is 0. The fraction of sp³-hybridized carbons (Fsp3) is 0.667. The molecule has 0 N–H and O–H groups in total. The molecular weight excluding hydrogens is 154 g/mol. The first-order chi connectivity index (χ1) is 5.74. The van der Waals surface area contributed by atoms with Crippen LogP contribution in [0, 0.1) is 0 Å². The van der Waals surface area contributed by atoms with Crippen LogP contribution in [0.4, 0.5) is 0 Å². The number of carbonyl (C=O) groups excluding carboxylic acids is 1. The van der Waals surface area contributed by atoms with Crippen molar-refractivity contribution in [1.29, 1.82) is 0 Å². The lowest BCUT2D eigenvalue weighted by molar-refractivity contribution is -0.136. The van der Waals surface area contributed by atoms with Crippen molar-refractivity contribution in [3.63, 3.8) is 0 Å². The van der Waals surface area contributed by atoms with Crippen LogP contribution < -0.4 is 0 Å². The van der Waals surface area contributed by atoms with Gasteiger partial charge >= 0.3 is 5.97 Å². The highest BCUT2D eigenvalue weighted by Gasteiger charge is 2.12. The van der Waals surface area contributed by atoms with Gasteiger partial charge in [-0.2, -0.15) is 0 Å². The Kier molecular flexibility index (Phi) is 3.29. The fourth-order valence-electron chi connectivity index (χ4n) is 1.30. The topological polar surface area (TPSA) is 29.5 Å². The molecule has 0 aromatic rings. The lowest BCUT2D eigenvalue weighted by Gasteiger charge is -2.11. The molecular formula is C9H15NO2. The standard InChI is InChI=1S/C9H15NO2/c1-10-6-3-4-8(5-7-10)9(11)12-2/h4H,3,5-7H2,1-2H3. The van der Waals surface area contributed by atoms with Crippen molar-refractivity contribution in [2.75, 3.05) is 27.2 Å². The molecule has 0 fully saturated rings. The van der Waals surface area contributed by atoms with Crippen LogP contribution in [0.25, 0.3) is 0 Å². The number of rotatable bonds is 1. The summed E-state index contributed by atoms with van der Waals surface area (Å²) in [5.41, 5.74) is 0.821.